The van der Waals surface area contributed by atoms with Crippen LogP contribution in [0.4, 0.5) is 0 Å². The van der Waals surface area contributed by atoms with Crippen LogP contribution in [0.5, 0.6) is 0 Å². The van der Waals surface area contributed by atoms with Crippen LogP contribution in [-0.4, -0.2) is 19.2 Å². The van der Waals surface area contributed by atoms with Gasteiger partial charge >= 0.3 is 0 Å². The molecule has 2 amide bonds. The van der Waals surface area contributed by atoms with Crippen LogP contribution in [-0.2, 0) is 26.7 Å². The van der Waals surface area contributed by atoms with Crippen LogP contribution in [0, 0.1) is 11.8 Å². The Hall–Kier alpha value is 0.619. The Balaban J connectivity index is 0.00000144. The minimum atomic E-state index is -1.69. The van der Waals surface area contributed by atoms with E-state index < -0.39 is 3.12 Å². The van der Waals surface area contributed by atoms with Crippen molar-refractivity contribution in [2.75, 3.05) is 0 Å². The molecule has 2 atom stereocenters. The number of alkyl halides is 3. The number of halogens is 3. The number of carbonyl (C=O) groups is 2. The summed E-state index contributed by atoms with van der Waals surface area (Å²) in [7, 11) is 0. The fourth-order valence-electron chi connectivity index (χ4n) is 1.96. The second-order valence-electron chi connectivity index (χ2n) is 3.66. The molecule has 0 aromatic rings. The number of fused-ring (bicyclic) bond motifs is 1. The van der Waals surface area contributed by atoms with Gasteiger partial charge in [0.05, 0.1) is 11.8 Å². The van der Waals surface area contributed by atoms with E-state index in [-0.39, 0.29) is 40.7 Å². The molecular formula is C9H8Cl3CuNO2S. The number of nitrogens with zero attached hydrogens (tertiary/aromatic N) is 1. The van der Waals surface area contributed by atoms with Crippen molar-refractivity contribution in [2.45, 2.75) is 16.0 Å². The summed E-state index contributed by atoms with van der Waals surface area (Å²) in [6.45, 7) is 0. The molecule has 2 rings (SSSR count). The molecule has 0 spiro atoms. The van der Waals surface area contributed by atoms with Gasteiger partial charge in [-0.2, -0.15) is 0 Å². The van der Waals surface area contributed by atoms with E-state index in [2.05, 4.69) is 0 Å². The van der Waals surface area contributed by atoms with Gasteiger partial charge in [0.2, 0.25) is 11.8 Å². The normalized spacial score (nSPS) is 28.1. The maximum atomic E-state index is 11.9. The molecule has 0 saturated carbocycles. The van der Waals surface area contributed by atoms with Crippen molar-refractivity contribution in [3.63, 3.8) is 0 Å². The average Bonchev–Trinajstić information content (AvgIpc) is 2.43. The molecule has 0 aromatic carbocycles. The molecule has 2 aliphatic rings. The Morgan fingerprint density at radius 1 is 1.12 bits per heavy atom. The van der Waals surface area contributed by atoms with E-state index in [1.807, 2.05) is 12.2 Å². The first-order valence-corrected chi connectivity index (χ1v) is 6.59. The van der Waals surface area contributed by atoms with Crippen LogP contribution >= 0.6 is 46.8 Å². The standard InChI is InChI=1S/C9H8Cl3NO2S.Cu/c10-9(11,12)16-13-7(14)5-3-1-2-4-6(5)8(13)15;/h1-2,5-6H,3-4H2;. The third kappa shape index (κ3) is 3.34. The molecule has 3 nitrogen and oxygen atoms in total. The molecule has 1 heterocycles. The van der Waals surface area contributed by atoms with Crippen LogP contribution in [0.2, 0.25) is 0 Å². The van der Waals surface area contributed by atoms with Gasteiger partial charge < -0.3 is 0 Å². The van der Waals surface area contributed by atoms with Gasteiger partial charge in [0.1, 0.15) is 0 Å². The zero-order chi connectivity index (χ0) is 11.9. The minimum absolute atomic E-state index is 0. The summed E-state index contributed by atoms with van der Waals surface area (Å²) < 4.78 is -0.693. The van der Waals surface area contributed by atoms with Crippen molar-refractivity contribution in [1.82, 2.24) is 4.31 Å². The Kier molecular flexibility index (Phi) is 5.28. The van der Waals surface area contributed by atoms with Gasteiger partial charge in [0, 0.05) is 29.0 Å². The second-order valence-corrected chi connectivity index (χ2v) is 7.78. The molecular weight excluding hydrogens is 356 g/mol. The van der Waals surface area contributed by atoms with Crippen molar-refractivity contribution in [3.8, 4) is 0 Å². The van der Waals surface area contributed by atoms with E-state index in [0.717, 1.165) is 4.31 Å². The summed E-state index contributed by atoms with van der Waals surface area (Å²) in [6, 6.07) is 0. The summed E-state index contributed by atoms with van der Waals surface area (Å²) >= 11 is 17.4. The van der Waals surface area contributed by atoms with Crippen molar-refractivity contribution >= 4 is 58.6 Å². The van der Waals surface area contributed by atoms with E-state index in [4.69, 9.17) is 34.8 Å². The fourth-order valence-corrected chi connectivity index (χ4v) is 3.24. The summed E-state index contributed by atoms with van der Waals surface area (Å²) in [5.74, 6) is -1.07. The van der Waals surface area contributed by atoms with E-state index in [1.165, 1.54) is 0 Å². The summed E-state index contributed by atoms with van der Waals surface area (Å²) in [6.07, 6.45) is 5.00. The Labute approximate surface area is 129 Å². The van der Waals surface area contributed by atoms with Crippen LogP contribution in [0.3, 0.4) is 0 Å². The minimum Gasteiger partial charge on any atom is -0.273 e. The monoisotopic (exact) mass is 362 g/mol. The third-order valence-corrected chi connectivity index (χ3v) is 4.03. The van der Waals surface area contributed by atoms with Crippen LogP contribution in [0.15, 0.2) is 12.2 Å². The van der Waals surface area contributed by atoms with Gasteiger partial charge in [-0.1, -0.05) is 47.0 Å². The predicted octanol–water partition coefficient (Wildman–Crippen LogP) is 2.91. The molecule has 0 N–H and O–H groups in total. The molecule has 17 heavy (non-hydrogen) atoms. The smallest absolute Gasteiger partial charge is 0.256 e. The van der Waals surface area contributed by atoms with E-state index in [1.54, 1.807) is 0 Å². The molecule has 1 aliphatic heterocycles. The first-order chi connectivity index (χ1) is 7.40. The molecule has 0 bridgehead atoms. The van der Waals surface area contributed by atoms with E-state index in [0.29, 0.717) is 24.8 Å². The number of hydrogen-bond donors (Lipinski definition) is 0. The molecule has 1 aliphatic carbocycles. The zero-order valence-electron chi connectivity index (χ0n) is 8.33. The number of hydrogen-bond acceptors (Lipinski definition) is 3. The van der Waals surface area contributed by atoms with Gasteiger partial charge in [0.25, 0.3) is 3.12 Å². The Bertz CT molecular complexity index is 346. The quantitative estimate of drug-likeness (QED) is 0.236. The molecule has 1 saturated heterocycles. The Morgan fingerprint density at radius 3 is 1.88 bits per heavy atom. The molecule has 1 fully saturated rings. The first kappa shape index (κ1) is 15.7. The average molecular weight is 364 g/mol. The largest absolute Gasteiger partial charge is 0.273 e. The third-order valence-electron chi connectivity index (χ3n) is 2.66. The number of carbonyl (C=O) groups excluding carboxylic acids is 2. The van der Waals surface area contributed by atoms with Gasteiger partial charge in [-0.25, -0.2) is 4.31 Å². The molecule has 0 aromatic heterocycles. The fraction of sp³-hybridized carbons (Fsp3) is 0.556. The van der Waals surface area contributed by atoms with Gasteiger partial charge in [-0.05, 0) is 12.8 Å². The first-order valence-electron chi connectivity index (χ1n) is 4.69. The second kappa shape index (κ2) is 5.72. The van der Waals surface area contributed by atoms with Gasteiger partial charge in [-0.3, -0.25) is 9.59 Å². The van der Waals surface area contributed by atoms with Crippen LogP contribution < -0.4 is 0 Å². The summed E-state index contributed by atoms with van der Waals surface area (Å²) in [5, 5.41) is 0. The molecule has 8 heteroatoms. The zero-order valence-corrected chi connectivity index (χ0v) is 12.4. The van der Waals surface area contributed by atoms with E-state index in [9.17, 15) is 9.59 Å². The Morgan fingerprint density at radius 2 is 1.53 bits per heavy atom. The summed E-state index contributed by atoms with van der Waals surface area (Å²) in [4.78, 5) is 23.8. The van der Waals surface area contributed by atoms with Crippen molar-refractivity contribution in [1.29, 1.82) is 0 Å². The van der Waals surface area contributed by atoms with Gasteiger partial charge in [-0.15, -0.1) is 0 Å². The van der Waals surface area contributed by atoms with Crippen LogP contribution in [0.1, 0.15) is 12.8 Å². The topological polar surface area (TPSA) is 37.4 Å². The van der Waals surface area contributed by atoms with E-state index >= 15 is 0 Å². The number of allylic oxidation sites excluding steroid dienone is 2. The maximum absolute atomic E-state index is 11.9. The summed E-state index contributed by atoms with van der Waals surface area (Å²) in [5.41, 5.74) is 0. The maximum Gasteiger partial charge on any atom is 0.256 e. The van der Waals surface area contributed by atoms with Gasteiger partial charge in [0.15, 0.2) is 0 Å². The molecule has 2 unspecified atom stereocenters. The number of amides is 2. The SMILES string of the molecule is O=C1C2CC=CCC2C(=O)N1SC(Cl)(Cl)Cl.[Cu]. The van der Waals surface area contributed by atoms with Crippen molar-refractivity contribution < 1.29 is 26.7 Å². The number of rotatable bonds is 1. The van der Waals surface area contributed by atoms with Crippen LogP contribution in [0.25, 0.3) is 0 Å². The van der Waals surface area contributed by atoms with Crippen molar-refractivity contribution in [2.24, 2.45) is 11.8 Å². The number of imide groups is 1. The molecule has 99 valence electrons. The molecule has 1 radical (unpaired) electrons. The predicted molar refractivity (Wildman–Crippen MR) is 65.1 cm³/mol. The van der Waals surface area contributed by atoms with Crippen molar-refractivity contribution in [3.05, 3.63) is 12.2 Å².